The fourth-order valence-corrected chi connectivity index (χ4v) is 4.49. The molecule has 0 aliphatic carbocycles. The van der Waals surface area contributed by atoms with E-state index in [9.17, 15) is 40.5 Å². The Morgan fingerprint density at radius 2 is 1.34 bits per heavy atom. The van der Waals surface area contributed by atoms with Gasteiger partial charge in [0.25, 0.3) is 0 Å². The van der Waals surface area contributed by atoms with Crippen LogP contribution in [0.2, 0.25) is 0 Å². The lowest BCUT2D eigenvalue weighted by molar-refractivity contribution is -0.301. The molecule has 0 radical (unpaired) electrons. The van der Waals surface area contributed by atoms with Crippen LogP contribution in [0.1, 0.15) is 58.8 Å². The number of aliphatic hydroxyl groups excluding tert-OH is 7. The number of ether oxygens (including phenoxy) is 4. The van der Waals surface area contributed by atoms with Crippen LogP contribution in [0.15, 0.2) is 0 Å². The molecule has 2 saturated heterocycles. The summed E-state index contributed by atoms with van der Waals surface area (Å²) in [6.45, 7) is 3.68. The van der Waals surface area contributed by atoms with E-state index in [-0.39, 0.29) is 25.7 Å². The summed E-state index contributed by atoms with van der Waals surface area (Å²) in [7, 11) is 0. The molecule has 2 fully saturated rings. The average Bonchev–Trinajstić information content (AvgIpc) is 2.91. The predicted molar refractivity (Wildman–Crippen MR) is 133 cm³/mol. The number of carbonyl (C=O) groups excluding carboxylic acids is 1. The van der Waals surface area contributed by atoms with E-state index in [2.05, 4.69) is 6.92 Å². The van der Waals surface area contributed by atoms with Crippen LogP contribution in [-0.4, -0.2) is 141 Å². The molecule has 2 aliphatic rings. The van der Waals surface area contributed by atoms with Gasteiger partial charge in [-0.05, 0) is 19.8 Å². The Morgan fingerprint density at radius 3 is 2.00 bits per heavy atom. The van der Waals surface area contributed by atoms with E-state index in [1.54, 1.807) is 11.8 Å². The van der Waals surface area contributed by atoms with Crippen LogP contribution in [0.3, 0.4) is 0 Å². The van der Waals surface area contributed by atoms with Crippen molar-refractivity contribution in [3.8, 4) is 0 Å². The predicted octanol–water partition coefficient (Wildman–Crippen LogP) is -1.77. The van der Waals surface area contributed by atoms with Crippen LogP contribution < -0.4 is 0 Å². The Balaban J connectivity index is 1.85. The van der Waals surface area contributed by atoms with Crippen LogP contribution in [0.25, 0.3) is 0 Å². The fourth-order valence-electron chi connectivity index (χ4n) is 4.49. The van der Waals surface area contributed by atoms with Crippen molar-refractivity contribution >= 4 is 5.91 Å². The summed E-state index contributed by atoms with van der Waals surface area (Å²) >= 11 is 0. The summed E-state index contributed by atoms with van der Waals surface area (Å²) in [5.74, 6) is -0.0770. The maximum absolute atomic E-state index is 12.9. The van der Waals surface area contributed by atoms with Crippen LogP contribution in [0, 0.1) is 0 Å². The van der Waals surface area contributed by atoms with Gasteiger partial charge < -0.3 is 59.6 Å². The molecular weight excluding hydrogens is 506 g/mol. The van der Waals surface area contributed by atoms with E-state index < -0.39 is 68.0 Å². The molecule has 0 spiro atoms. The van der Waals surface area contributed by atoms with Crippen LogP contribution in [0.4, 0.5) is 0 Å². The van der Waals surface area contributed by atoms with Crippen molar-refractivity contribution in [2.75, 3.05) is 32.9 Å². The van der Waals surface area contributed by atoms with Gasteiger partial charge in [-0.2, -0.15) is 0 Å². The average molecular weight is 554 g/mol. The molecule has 13 heteroatoms. The second kappa shape index (κ2) is 17.0. The van der Waals surface area contributed by atoms with Crippen LogP contribution >= 0.6 is 0 Å². The van der Waals surface area contributed by atoms with Gasteiger partial charge in [0, 0.05) is 19.5 Å². The number of amides is 1. The second-order valence-electron chi connectivity index (χ2n) is 10.0. The van der Waals surface area contributed by atoms with Crippen molar-refractivity contribution in [1.29, 1.82) is 0 Å². The highest BCUT2D eigenvalue weighted by Gasteiger charge is 2.44. The third-order valence-electron chi connectivity index (χ3n) is 7.00. The van der Waals surface area contributed by atoms with Gasteiger partial charge in [0.15, 0.2) is 12.6 Å². The molecule has 2 rings (SSSR count). The maximum atomic E-state index is 12.9. The highest BCUT2D eigenvalue weighted by atomic mass is 16.7. The zero-order valence-corrected chi connectivity index (χ0v) is 22.4. The molecule has 1 amide bonds. The molecule has 7 N–H and O–H groups in total. The first-order valence-electron chi connectivity index (χ1n) is 13.6. The summed E-state index contributed by atoms with van der Waals surface area (Å²) in [6.07, 6.45) is -7.09. The van der Waals surface area contributed by atoms with Gasteiger partial charge in [-0.25, -0.2) is 0 Å². The smallest absolute Gasteiger partial charge is 0.222 e. The van der Waals surface area contributed by atoms with Crippen molar-refractivity contribution in [3.63, 3.8) is 0 Å². The third kappa shape index (κ3) is 9.59. The molecule has 10 atom stereocenters. The van der Waals surface area contributed by atoms with E-state index >= 15 is 0 Å². The lowest BCUT2D eigenvalue weighted by Crippen LogP contribution is -2.59. The molecule has 2 aliphatic heterocycles. The topological polar surface area (TPSA) is 199 Å². The molecule has 0 unspecified atom stereocenters. The van der Waals surface area contributed by atoms with Crippen LogP contribution in [0.5, 0.6) is 0 Å². The highest BCUT2D eigenvalue weighted by molar-refractivity contribution is 5.76. The Labute approximate surface area is 223 Å². The lowest BCUT2D eigenvalue weighted by atomic mass is 9.99. The number of carbonyl (C=O) groups is 1. The van der Waals surface area contributed by atoms with Crippen molar-refractivity contribution in [3.05, 3.63) is 0 Å². The molecule has 2 heterocycles. The molecule has 0 aromatic rings. The zero-order chi connectivity index (χ0) is 28.2. The van der Waals surface area contributed by atoms with Crippen molar-refractivity contribution in [2.45, 2.75) is 120 Å². The van der Waals surface area contributed by atoms with Gasteiger partial charge in [-0.15, -0.1) is 0 Å². The van der Waals surface area contributed by atoms with Crippen molar-refractivity contribution in [2.24, 2.45) is 0 Å². The van der Waals surface area contributed by atoms with Gasteiger partial charge in [0.1, 0.15) is 42.7 Å². The third-order valence-corrected chi connectivity index (χ3v) is 7.00. The first-order valence-corrected chi connectivity index (χ1v) is 13.6. The molecule has 13 nitrogen and oxygen atoms in total. The summed E-state index contributed by atoms with van der Waals surface area (Å²) in [5, 5.41) is 69.1. The summed E-state index contributed by atoms with van der Waals surface area (Å²) in [4.78, 5) is 14.5. The van der Waals surface area contributed by atoms with Gasteiger partial charge in [-0.3, -0.25) is 4.79 Å². The molecule has 224 valence electrons. The quantitative estimate of drug-likeness (QED) is 0.106. The summed E-state index contributed by atoms with van der Waals surface area (Å²) < 4.78 is 21.9. The summed E-state index contributed by atoms with van der Waals surface area (Å²) in [5.41, 5.74) is 0. The van der Waals surface area contributed by atoms with Gasteiger partial charge in [-0.1, -0.05) is 32.6 Å². The number of nitrogens with zero attached hydrogens (tertiary/aromatic N) is 1. The van der Waals surface area contributed by atoms with Crippen LogP contribution in [-0.2, 0) is 23.7 Å². The number of hydrogen-bond acceptors (Lipinski definition) is 12. The highest BCUT2D eigenvalue weighted by Crippen LogP contribution is 2.23. The van der Waals surface area contributed by atoms with Gasteiger partial charge >= 0.3 is 0 Å². The van der Waals surface area contributed by atoms with E-state index in [4.69, 9.17) is 18.9 Å². The lowest BCUT2D eigenvalue weighted by Gasteiger charge is -2.39. The minimum atomic E-state index is -1.53. The zero-order valence-electron chi connectivity index (χ0n) is 22.4. The van der Waals surface area contributed by atoms with Crippen molar-refractivity contribution in [1.82, 2.24) is 4.90 Å². The Bertz CT molecular complexity index is 670. The second-order valence-corrected chi connectivity index (χ2v) is 10.0. The van der Waals surface area contributed by atoms with E-state index in [1.807, 2.05) is 0 Å². The first-order chi connectivity index (χ1) is 18.1. The minimum absolute atomic E-state index is 0.0202. The molecule has 0 saturated carbocycles. The Hall–Kier alpha value is -0.970. The largest absolute Gasteiger partial charge is 0.394 e. The molecule has 0 bridgehead atoms. The fraction of sp³-hybridized carbons (Fsp3) is 0.960. The normalized spacial score (nSPS) is 35.8. The number of aliphatic hydroxyl groups is 7. The monoisotopic (exact) mass is 553 g/mol. The number of rotatable bonds is 16. The molecule has 38 heavy (non-hydrogen) atoms. The number of hydrogen-bond donors (Lipinski definition) is 7. The minimum Gasteiger partial charge on any atom is -0.394 e. The maximum Gasteiger partial charge on any atom is 0.222 e. The van der Waals surface area contributed by atoms with Crippen molar-refractivity contribution < 1.29 is 59.5 Å². The van der Waals surface area contributed by atoms with E-state index in [1.165, 1.54) is 0 Å². The first kappa shape index (κ1) is 33.2. The summed E-state index contributed by atoms with van der Waals surface area (Å²) in [6, 6.07) is 0. The standard InChI is InChI=1S/C25H47NO12/c1-3-4-5-6-7-9-17(28)26(11-13-36-24-22(33)20(31)18(29)15(2)37-24)10-8-12-35-25-23(34)21(32)19(30)16(14-27)38-25/h15-16,18-25,27,29-34H,3-14H2,1-2H3/t15-,16+,18+,19+,20+,21-,22-,23-,24+,25-/m0/s1. The Kier molecular flexibility index (Phi) is 14.9. The van der Waals surface area contributed by atoms with Gasteiger partial charge in [0.05, 0.1) is 25.9 Å². The molecular formula is C25H47NO12. The van der Waals surface area contributed by atoms with E-state index in [0.717, 1.165) is 32.1 Å². The number of unbranched alkanes of at least 4 members (excludes halogenated alkanes) is 4. The molecule has 0 aromatic carbocycles. The Morgan fingerprint density at radius 1 is 0.737 bits per heavy atom. The van der Waals surface area contributed by atoms with E-state index in [0.29, 0.717) is 19.4 Å². The molecule has 0 aromatic heterocycles. The van der Waals surface area contributed by atoms with Gasteiger partial charge in [0.2, 0.25) is 5.91 Å². The SMILES string of the molecule is CCCCCCCC(=O)N(CCCO[C@H]1O[C@H](CO)[C@@H](O)[C@H](O)[C@@H]1O)CCO[C@@H]1O[C@@H](C)[C@@H](O)[C@@H](O)[C@@H]1O.